The number of piperidine rings is 1. The van der Waals surface area contributed by atoms with Crippen molar-refractivity contribution in [2.24, 2.45) is 5.92 Å². The summed E-state index contributed by atoms with van der Waals surface area (Å²) in [5, 5.41) is 9.23. The Bertz CT molecular complexity index is 915. The highest BCUT2D eigenvalue weighted by Crippen LogP contribution is 2.48. The molecular weight excluding hydrogens is 418 g/mol. The number of benzene rings is 1. The van der Waals surface area contributed by atoms with E-state index in [-0.39, 0.29) is 23.2 Å². The van der Waals surface area contributed by atoms with Gasteiger partial charge >= 0.3 is 5.97 Å². The van der Waals surface area contributed by atoms with Crippen LogP contribution in [0, 0.1) is 5.92 Å². The van der Waals surface area contributed by atoms with E-state index in [0.29, 0.717) is 62.2 Å². The number of carbonyl (C=O) groups is 2. The van der Waals surface area contributed by atoms with Crippen LogP contribution >= 0.6 is 11.6 Å². The van der Waals surface area contributed by atoms with E-state index in [9.17, 15) is 9.59 Å². The van der Waals surface area contributed by atoms with Crippen molar-refractivity contribution in [3.05, 3.63) is 46.6 Å². The molecular formula is C23H28ClN3O4. The smallest absolute Gasteiger partial charge is 0.309 e. The van der Waals surface area contributed by atoms with Gasteiger partial charge in [0.05, 0.1) is 17.9 Å². The summed E-state index contributed by atoms with van der Waals surface area (Å²) in [5.74, 6) is 0.912. The van der Waals surface area contributed by atoms with Crippen molar-refractivity contribution in [2.75, 3.05) is 19.7 Å². The van der Waals surface area contributed by atoms with Gasteiger partial charge in [0.1, 0.15) is 0 Å². The fourth-order valence-corrected chi connectivity index (χ4v) is 4.60. The van der Waals surface area contributed by atoms with Crippen LogP contribution in [0.3, 0.4) is 0 Å². The third-order valence-corrected chi connectivity index (χ3v) is 6.75. The Morgan fingerprint density at radius 2 is 1.90 bits per heavy atom. The van der Waals surface area contributed by atoms with Crippen LogP contribution in [0.1, 0.15) is 62.8 Å². The lowest BCUT2D eigenvalue weighted by molar-refractivity contribution is -0.151. The zero-order valence-electron chi connectivity index (χ0n) is 17.8. The van der Waals surface area contributed by atoms with Crippen LogP contribution in [0.25, 0.3) is 0 Å². The lowest BCUT2D eigenvalue weighted by Crippen LogP contribution is -2.40. The monoisotopic (exact) mass is 445 g/mol. The van der Waals surface area contributed by atoms with Gasteiger partial charge in [0.25, 0.3) is 0 Å². The minimum atomic E-state index is -0.241. The Kier molecular flexibility index (Phi) is 6.60. The predicted octanol–water partition coefficient (Wildman–Crippen LogP) is 3.93. The highest BCUT2D eigenvalue weighted by molar-refractivity contribution is 6.30. The number of rotatable bonds is 7. The van der Waals surface area contributed by atoms with Crippen molar-refractivity contribution >= 4 is 23.5 Å². The molecule has 31 heavy (non-hydrogen) atoms. The van der Waals surface area contributed by atoms with Gasteiger partial charge in [-0.25, -0.2) is 0 Å². The van der Waals surface area contributed by atoms with E-state index in [0.717, 1.165) is 24.8 Å². The minimum absolute atomic E-state index is 0.0538. The number of amides is 1. The van der Waals surface area contributed by atoms with Gasteiger partial charge in [-0.1, -0.05) is 30.2 Å². The lowest BCUT2D eigenvalue weighted by Gasteiger charge is -2.39. The topological polar surface area (TPSA) is 85.5 Å². The largest absolute Gasteiger partial charge is 0.466 e. The van der Waals surface area contributed by atoms with Crippen molar-refractivity contribution in [2.45, 2.75) is 57.3 Å². The van der Waals surface area contributed by atoms with Gasteiger partial charge in [0.15, 0.2) is 0 Å². The first kappa shape index (κ1) is 21.8. The molecule has 1 saturated heterocycles. The van der Waals surface area contributed by atoms with E-state index in [1.54, 1.807) is 0 Å². The zero-order chi connectivity index (χ0) is 21.8. The van der Waals surface area contributed by atoms with Crippen LogP contribution < -0.4 is 0 Å². The molecule has 2 aromatic rings. The van der Waals surface area contributed by atoms with Crippen LogP contribution in [0.15, 0.2) is 28.7 Å². The van der Waals surface area contributed by atoms with Crippen molar-refractivity contribution in [1.29, 1.82) is 0 Å². The van der Waals surface area contributed by atoms with E-state index in [1.807, 2.05) is 36.1 Å². The highest BCUT2D eigenvalue weighted by Gasteiger charge is 2.45. The number of hydrogen-bond donors (Lipinski definition) is 0. The predicted molar refractivity (Wildman–Crippen MR) is 115 cm³/mol. The van der Waals surface area contributed by atoms with Gasteiger partial charge in [-0.2, -0.15) is 0 Å². The van der Waals surface area contributed by atoms with Gasteiger partial charge in [0, 0.05) is 31.0 Å². The summed E-state index contributed by atoms with van der Waals surface area (Å²) in [5.41, 5.74) is 0.897. The molecule has 1 aliphatic heterocycles. The van der Waals surface area contributed by atoms with Crippen molar-refractivity contribution in [3.63, 3.8) is 0 Å². The fourth-order valence-electron chi connectivity index (χ4n) is 4.47. The highest BCUT2D eigenvalue weighted by atomic mass is 35.5. The zero-order valence-corrected chi connectivity index (χ0v) is 18.6. The summed E-state index contributed by atoms with van der Waals surface area (Å²) < 4.78 is 11.1. The third kappa shape index (κ3) is 4.61. The van der Waals surface area contributed by atoms with Crippen LogP contribution in [0.5, 0.6) is 0 Å². The second-order valence-corrected chi connectivity index (χ2v) is 8.79. The molecule has 0 unspecified atom stereocenters. The average Bonchev–Trinajstić information content (AvgIpc) is 3.22. The number of ether oxygens (including phenoxy) is 1. The molecule has 1 aliphatic carbocycles. The Balaban J connectivity index is 1.32. The number of likely N-dealkylation sites (tertiary alicyclic amines) is 1. The average molecular weight is 446 g/mol. The van der Waals surface area contributed by atoms with Crippen LogP contribution in [0.2, 0.25) is 5.02 Å². The minimum Gasteiger partial charge on any atom is -0.466 e. The van der Waals surface area contributed by atoms with E-state index >= 15 is 0 Å². The summed E-state index contributed by atoms with van der Waals surface area (Å²) in [6, 6.07) is 7.82. The number of halogens is 1. The van der Waals surface area contributed by atoms with Crippen molar-refractivity contribution in [3.8, 4) is 0 Å². The second kappa shape index (κ2) is 9.39. The molecule has 1 amide bonds. The van der Waals surface area contributed by atoms with E-state index < -0.39 is 0 Å². The summed E-state index contributed by atoms with van der Waals surface area (Å²) in [6.45, 7) is 3.36. The summed E-state index contributed by atoms with van der Waals surface area (Å²) in [4.78, 5) is 26.3. The second-order valence-electron chi connectivity index (χ2n) is 8.35. The molecule has 2 aliphatic rings. The number of nitrogens with zero attached hydrogens (tertiary/aromatic N) is 3. The number of carbonyl (C=O) groups excluding carboxylic acids is 2. The Labute approximate surface area is 187 Å². The molecule has 0 atom stereocenters. The molecule has 4 rings (SSSR count). The normalized spacial score (nSPS) is 18.5. The van der Waals surface area contributed by atoms with E-state index in [2.05, 4.69) is 10.2 Å². The standard InChI is InChI=1S/C23H28ClN3O4/c1-2-30-21(29)16-10-14-27(15-11-16)20(28)9-8-19-25-26-22(31-19)23(12-3-13-23)17-4-6-18(24)7-5-17/h4-7,16H,2-3,8-15H2,1H3. The molecule has 0 radical (unpaired) electrons. The number of esters is 1. The maximum Gasteiger partial charge on any atom is 0.309 e. The van der Waals surface area contributed by atoms with E-state index in [4.69, 9.17) is 20.8 Å². The van der Waals surface area contributed by atoms with Gasteiger partial charge < -0.3 is 14.1 Å². The Morgan fingerprint density at radius 3 is 2.52 bits per heavy atom. The third-order valence-electron chi connectivity index (χ3n) is 6.50. The first-order valence-corrected chi connectivity index (χ1v) is 11.4. The molecule has 166 valence electrons. The van der Waals surface area contributed by atoms with Gasteiger partial charge in [-0.3, -0.25) is 9.59 Å². The first-order valence-electron chi connectivity index (χ1n) is 11.0. The van der Waals surface area contributed by atoms with Crippen LogP contribution in [-0.4, -0.2) is 46.7 Å². The molecule has 1 saturated carbocycles. The fraction of sp³-hybridized carbons (Fsp3) is 0.565. The van der Waals surface area contributed by atoms with Crippen molar-refractivity contribution < 1.29 is 18.7 Å². The number of aryl methyl sites for hydroxylation is 1. The van der Waals surface area contributed by atoms with Crippen molar-refractivity contribution in [1.82, 2.24) is 15.1 Å². The molecule has 1 aromatic heterocycles. The quantitative estimate of drug-likeness (QED) is 0.600. The molecule has 0 bridgehead atoms. The maximum absolute atomic E-state index is 12.6. The summed E-state index contributed by atoms with van der Waals surface area (Å²) in [6.07, 6.45) is 5.08. The Morgan fingerprint density at radius 1 is 1.19 bits per heavy atom. The molecule has 0 spiro atoms. The van der Waals surface area contributed by atoms with Crippen LogP contribution in [-0.2, 0) is 26.2 Å². The number of aromatic nitrogens is 2. The Hall–Kier alpha value is -2.41. The lowest BCUT2D eigenvalue weighted by atomic mass is 9.64. The van der Waals surface area contributed by atoms with Gasteiger partial charge in [0.2, 0.25) is 17.7 Å². The molecule has 7 nitrogen and oxygen atoms in total. The molecule has 8 heteroatoms. The molecule has 1 aromatic carbocycles. The molecule has 0 N–H and O–H groups in total. The van der Waals surface area contributed by atoms with E-state index in [1.165, 1.54) is 0 Å². The molecule has 2 fully saturated rings. The maximum atomic E-state index is 12.6. The summed E-state index contributed by atoms with van der Waals surface area (Å²) >= 11 is 6.04. The number of hydrogen-bond acceptors (Lipinski definition) is 6. The van der Waals surface area contributed by atoms with Crippen LogP contribution in [0.4, 0.5) is 0 Å². The van der Waals surface area contributed by atoms with Gasteiger partial charge in [-0.15, -0.1) is 10.2 Å². The summed E-state index contributed by atoms with van der Waals surface area (Å²) in [7, 11) is 0. The SMILES string of the molecule is CCOC(=O)C1CCN(C(=O)CCc2nnc(C3(c4ccc(Cl)cc4)CCC3)o2)CC1. The van der Waals surface area contributed by atoms with Gasteiger partial charge in [-0.05, 0) is 50.3 Å². The molecule has 2 heterocycles. The first-order chi connectivity index (χ1) is 15.0.